The third-order valence-corrected chi connectivity index (χ3v) is 2.94. The molecule has 118 valence electrons. The van der Waals surface area contributed by atoms with E-state index in [2.05, 4.69) is 24.5 Å². The van der Waals surface area contributed by atoms with Crippen LogP contribution in [-0.4, -0.2) is 19.0 Å². The van der Waals surface area contributed by atoms with E-state index in [1.807, 2.05) is 0 Å². The van der Waals surface area contributed by atoms with Crippen molar-refractivity contribution >= 4 is 5.91 Å². The van der Waals surface area contributed by atoms with Crippen LogP contribution in [0.4, 0.5) is 13.2 Å². The number of hydrogen-bond acceptors (Lipinski definition) is 2. The number of alkyl halides is 3. The van der Waals surface area contributed by atoms with Crippen LogP contribution >= 0.6 is 0 Å². The van der Waals surface area contributed by atoms with Gasteiger partial charge in [-0.2, -0.15) is 13.2 Å². The van der Waals surface area contributed by atoms with Crippen molar-refractivity contribution in [3.05, 3.63) is 35.4 Å². The molecule has 1 amide bonds. The first-order valence-corrected chi connectivity index (χ1v) is 6.92. The molecule has 21 heavy (non-hydrogen) atoms. The van der Waals surface area contributed by atoms with Gasteiger partial charge in [0.15, 0.2) is 0 Å². The molecule has 0 saturated carbocycles. The Kier molecular flexibility index (Phi) is 6.68. The smallest absolute Gasteiger partial charge is 0.355 e. The maximum atomic E-state index is 12.4. The summed E-state index contributed by atoms with van der Waals surface area (Å²) in [6, 6.07) is 4.90. The molecule has 0 atom stereocenters. The molecule has 2 N–H and O–H groups in total. The number of halogens is 3. The molecule has 1 aromatic rings. The molecule has 1 rings (SSSR count). The van der Waals surface area contributed by atoms with Gasteiger partial charge < -0.3 is 10.6 Å². The number of benzene rings is 1. The normalized spacial score (nSPS) is 11.7. The molecule has 0 aromatic heterocycles. The molecular formula is C15H21F3N2O. The number of nitrogens with one attached hydrogen (secondary N) is 2. The lowest BCUT2D eigenvalue weighted by atomic mass is 10.1. The van der Waals surface area contributed by atoms with Gasteiger partial charge in [0.1, 0.15) is 0 Å². The molecule has 0 radical (unpaired) electrons. The van der Waals surface area contributed by atoms with Crippen molar-refractivity contribution in [1.29, 1.82) is 0 Å². The number of carbonyl (C=O) groups is 1. The molecule has 0 fully saturated rings. The van der Waals surface area contributed by atoms with Gasteiger partial charge in [-0.25, -0.2) is 0 Å². The molecule has 0 aliphatic heterocycles. The lowest BCUT2D eigenvalue weighted by molar-refractivity contribution is -0.137. The average Bonchev–Trinajstić information content (AvgIpc) is 2.38. The first-order chi connectivity index (χ1) is 9.79. The number of carbonyl (C=O) groups excluding carboxylic acids is 1. The van der Waals surface area contributed by atoms with Gasteiger partial charge in [0.2, 0.25) is 5.91 Å². The largest absolute Gasteiger partial charge is 0.416 e. The predicted octanol–water partition coefficient (Wildman–Crippen LogP) is 2.96. The van der Waals surface area contributed by atoms with E-state index < -0.39 is 11.7 Å². The first kappa shape index (κ1) is 17.5. The van der Waals surface area contributed by atoms with Crippen LogP contribution in [0.3, 0.4) is 0 Å². The lowest BCUT2D eigenvalue weighted by Gasteiger charge is -2.09. The summed E-state index contributed by atoms with van der Waals surface area (Å²) in [6.45, 7) is 5.30. The molecule has 3 nitrogen and oxygen atoms in total. The zero-order chi connectivity index (χ0) is 15.9. The van der Waals surface area contributed by atoms with E-state index in [9.17, 15) is 18.0 Å². The van der Waals surface area contributed by atoms with Gasteiger partial charge in [-0.1, -0.05) is 26.0 Å². The maximum absolute atomic E-state index is 12.4. The topological polar surface area (TPSA) is 41.1 Å². The number of rotatable bonds is 7. The van der Waals surface area contributed by atoms with E-state index in [4.69, 9.17) is 0 Å². The Hall–Kier alpha value is -1.56. The van der Waals surface area contributed by atoms with Gasteiger partial charge in [0, 0.05) is 13.1 Å². The van der Waals surface area contributed by atoms with Crippen LogP contribution in [-0.2, 0) is 17.5 Å². The second-order valence-electron chi connectivity index (χ2n) is 5.33. The Balaban J connectivity index is 2.28. The van der Waals surface area contributed by atoms with E-state index in [1.54, 1.807) is 0 Å². The van der Waals surface area contributed by atoms with Crippen molar-refractivity contribution in [2.24, 2.45) is 5.92 Å². The summed E-state index contributed by atoms with van der Waals surface area (Å²) in [5.41, 5.74) is 0.0376. The minimum atomic E-state index is -4.32. The molecule has 0 aliphatic rings. The highest BCUT2D eigenvalue weighted by atomic mass is 19.4. The summed E-state index contributed by atoms with van der Waals surface area (Å²) >= 11 is 0. The van der Waals surface area contributed by atoms with Gasteiger partial charge in [-0.3, -0.25) is 4.79 Å². The fourth-order valence-electron chi connectivity index (χ4n) is 1.69. The predicted molar refractivity (Wildman–Crippen MR) is 75.6 cm³/mol. The molecule has 0 aliphatic carbocycles. The summed E-state index contributed by atoms with van der Waals surface area (Å²) in [4.78, 5) is 11.5. The van der Waals surface area contributed by atoms with Crippen molar-refractivity contribution in [3.63, 3.8) is 0 Å². The van der Waals surface area contributed by atoms with E-state index >= 15 is 0 Å². The highest BCUT2D eigenvalue weighted by Crippen LogP contribution is 2.28. The van der Waals surface area contributed by atoms with E-state index in [0.29, 0.717) is 24.6 Å². The summed E-state index contributed by atoms with van der Waals surface area (Å²) < 4.78 is 37.2. The fourth-order valence-corrected chi connectivity index (χ4v) is 1.69. The quantitative estimate of drug-likeness (QED) is 0.813. The minimum Gasteiger partial charge on any atom is -0.355 e. The Morgan fingerprint density at radius 3 is 2.33 bits per heavy atom. The molecule has 1 aromatic carbocycles. The third kappa shape index (κ3) is 7.13. The monoisotopic (exact) mass is 302 g/mol. The molecule has 6 heteroatoms. The molecular weight excluding hydrogens is 281 g/mol. The van der Waals surface area contributed by atoms with E-state index in [-0.39, 0.29) is 12.5 Å². The SMILES string of the molecule is CC(C)CCNC(=O)CNCc1ccc(C(F)(F)F)cc1. The standard InChI is InChI=1S/C15H21F3N2O/c1-11(2)7-8-20-14(21)10-19-9-12-3-5-13(6-4-12)15(16,17)18/h3-6,11,19H,7-10H2,1-2H3,(H,20,21). The van der Waals surface area contributed by atoms with Crippen LogP contribution in [0.1, 0.15) is 31.4 Å². The first-order valence-electron chi connectivity index (χ1n) is 6.92. The second kappa shape index (κ2) is 8.02. The highest BCUT2D eigenvalue weighted by Gasteiger charge is 2.29. The summed E-state index contributed by atoms with van der Waals surface area (Å²) in [7, 11) is 0. The van der Waals surface area contributed by atoms with Crippen molar-refractivity contribution in [3.8, 4) is 0 Å². The Morgan fingerprint density at radius 1 is 1.19 bits per heavy atom. The summed E-state index contributed by atoms with van der Waals surface area (Å²) in [5, 5.41) is 5.68. The van der Waals surface area contributed by atoms with Gasteiger partial charge in [0.25, 0.3) is 0 Å². The van der Waals surface area contributed by atoms with Gasteiger partial charge in [-0.05, 0) is 30.0 Å². The van der Waals surface area contributed by atoms with E-state index in [1.165, 1.54) is 12.1 Å². The number of amides is 1. The Bertz CT molecular complexity index is 441. The second-order valence-corrected chi connectivity index (χ2v) is 5.33. The summed E-state index contributed by atoms with van der Waals surface area (Å²) in [6.07, 6.45) is -3.40. The van der Waals surface area contributed by atoms with Gasteiger partial charge >= 0.3 is 6.18 Å². The fraction of sp³-hybridized carbons (Fsp3) is 0.533. The molecule has 0 unspecified atom stereocenters. The molecule has 0 saturated heterocycles. The van der Waals surface area contributed by atoms with Crippen molar-refractivity contribution in [2.45, 2.75) is 33.0 Å². The maximum Gasteiger partial charge on any atom is 0.416 e. The lowest BCUT2D eigenvalue weighted by Crippen LogP contribution is -2.34. The van der Waals surface area contributed by atoms with Crippen LogP contribution in [0.15, 0.2) is 24.3 Å². The van der Waals surface area contributed by atoms with Gasteiger partial charge in [0.05, 0.1) is 12.1 Å². The van der Waals surface area contributed by atoms with Crippen molar-refractivity contribution < 1.29 is 18.0 Å². The van der Waals surface area contributed by atoms with Crippen LogP contribution in [0, 0.1) is 5.92 Å². The molecule has 0 heterocycles. The number of hydrogen-bond donors (Lipinski definition) is 2. The van der Waals surface area contributed by atoms with Crippen LogP contribution in [0.25, 0.3) is 0 Å². The third-order valence-electron chi connectivity index (χ3n) is 2.94. The molecule has 0 spiro atoms. The Labute approximate surface area is 122 Å². The van der Waals surface area contributed by atoms with Crippen LogP contribution in [0.5, 0.6) is 0 Å². The van der Waals surface area contributed by atoms with Crippen LogP contribution in [0.2, 0.25) is 0 Å². The van der Waals surface area contributed by atoms with Gasteiger partial charge in [-0.15, -0.1) is 0 Å². The highest BCUT2D eigenvalue weighted by molar-refractivity contribution is 5.77. The minimum absolute atomic E-state index is 0.109. The molecule has 0 bridgehead atoms. The Morgan fingerprint density at radius 2 is 1.81 bits per heavy atom. The summed E-state index contributed by atoms with van der Waals surface area (Å²) in [5.74, 6) is 0.424. The average molecular weight is 302 g/mol. The van der Waals surface area contributed by atoms with Crippen LogP contribution < -0.4 is 10.6 Å². The van der Waals surface area contributed by atoms with Crippen molar-refractivity contribution in [2.75, 3.05) is 13.1 Å². The van der Waals surface area contributed by atoms with E-state index in [0.717, 1.165) is 18.6 Å². The van der Waals surface area contributed by atoms with Crippen molar-refractivity contribution in [1.82, 2.24) is 10.6 Å². The zero-order valence-electron chi connectivity index (χ0n) is 12.3. The zero-order valence-corrected chi connectivity index (χ0v) is 12.3.